The minimum absolute atomic E-state index is 0.477. The van der Waals surface area contributed by atoms with E-state index in [-0.39, 0.29) is 0 Å². The van der Waals surface area contributed by atoms with Crippen molar-refractivity contribution in [3.63, 3.8) is 0 Å². The Morgan fingerprint density at radius 1 is 1.00 bits per heavy atom. The zero-order chi connectivity index (χ0) is 16.9. The van der Waals surface area contributed by atoms with Gasteiger partial charge in [-0.15, -0.1) is 0 Å². The summed E-state index contributed by atoms with van der Waals surface area (Å²) in [5, 5.41) is 0. The van der Waals surface area contributed by atoms with Gasteiger partial charge < -0.3 is 0 Å². The van der Waals surface area contributed by atoms with E-state index in [9.17, 15) is 0 Å². The molecule has 0 aliphatic carbocycles. The third-order valence-electron chi connectivity index (χ3n) is 4.53. The number of piperidine rings is 1. The van der Waals surface area contributed by atoms with Gasteiger partial charge in [-0.25, -0.2) is 19.9 Å². The SMILES string of the molecule is c1ccc(-c2ncc(CN3CCCC(c4ccncn4)C3)cn2)nc1. The van der Waals surface area contributed by atoms with Gasteiger partial charge in [0.1, 0.15) is 12.0 Å². The third-order valence-corrected chi connectivity index (χ3v) is 4.53. The van der Waals surface area contributed by atoms with E-state index in [4.69, 9.17) is 0 Å². The lowest BCUT2D eigenvalue weighted by molar-refractivity contribution is 0.198. The predicted octanol–water partition coefficient (Wildman–Crippen LogP) is 2.71. The molecular formula is C19H20N6. The molecule has 1 atom stereocenters. The van der Waals surface area contributed by atoms with Crippen LogP contribution in [0.5, 0.6) is 0 Å². The van der Waals surface area contributed by atoms with Crippen molar-refractivity contribution in [2.75, 3.05) is 13.1 Å². The Morgan fingerprint density at radius 3 is 2.68 bits per heavy atom. The Morgan fingerprint density at radius 2 is 1.92 bits per heavy atom. The number of nitrogens with zero attached hydrogens (tertiary/aromatic N) is 6. The second kappa shape index (κ2) is 7.44. The summed E-state index contributed by atoms with van der Waals surface area (Å²) in [5.41, 5.74) is 3.07. The topological polar surface area (TPSA) is 67.7 Å². The number of aromatic nitrogens is 5. The minimum Gasteiger partial charge on any atom is -0.298 e. The van der Waals surface area contributed by atoms with E-state index in [2.05, 4.69) is 29.8 Å². The molecule has 6 nitrogen and oxygen atoms in total. The molecule has 1 fully saturated rings. The van der Waals surface area contributed by atoms with Crippen molar-refractivity contribution in [1.82, 2.24) is 29.8 Å². The molecule has 25 heavy (non-hydrogen) atoms. The first-order valence-electron chi connectivity index (χ1n) is 8.59. The van der Waals surface area contributed by atoms with Crippen LogP contribution in [0.3, 0.4) is 0 Å². The van der Waals surface area contributed by atoms with Crippen molar-refractivity contribution in [2.24, 2.45) is 0 Å². The van der Waals surface area contributed by atoms with Gasteiger partial charge in [-0.1, -0.05) is 6.07 Å². The smallest absolute Gasteiger partial charge is 0.178 e. The summed E-state index contributed by atoms with van der Waals surface area (Å²) in [6, 6.07) is 7.79. The Bertz CT molecular complexity index is 791. The highest BCUT2D eigenvalue weighted by molar-refractivity contribution is 5.47. The lowest BCUT2D eigenvalue weighted by Crippen LogP contribution is -2.34. The fourth-order valence-electron chi connectivity index (χ4n) is 3.30. The van der Waals surface area contributed by atoms with Crippen LogP contribution >= 0.6 is 0 Å². The molecule has 0 radical (unpaired) electrons. The summed E-state index contributed by atoms with van der Waals surface area (Å²) in [6.45, 7) is 2.98. The highest BCUT2D eigenvalue weighted by Gasteiger charge is 2.22. The van der Waals surface area contributed by atoms with E-state index in [1.807, 2.05) is 42.9 Å². The van der Waals surface area contributed by atoms with Gasteiger partial charge in [-0.2, -0.15) is 0 Å². The Labute approximate surface area is 147 Å². The number of hydrogen-bond acceptors (Lipinski definition) is 6. The van der Waals surface area contributed by atoms with Gasteiger partial charge in [-0.3, -0.25) is 9.88 Å². The Balaban J connectivity index is 1.42. The van der Waals surface area contributed by atoms with Crippen LogP contribution in [0.4, 0.5) is 0 Å². The highest BCUT2D eigenvalue weighted by atomic mass is 15.1. The van der Waals surface area contributed by atoms with Crippen LogP contribution in [-0.4, -0.2) is 42.9 Å². The molecule has 3 aromatic rings. The molecule has 0 amide bonds. The van der Waals surface area contributed by atoms with Crippen molar-refractivity contribution in [2.45, 2.75) is 25.3 Å². The van der Waals surface area contributed by atoms with E-state index in [0.717, 1.165) is 36.6 Å². The molecular weight excluding hydrogens is 312 g/mol. The fourth-order valence-corrected chi connectivity index (χ4v) is 3.30. The van der Waals surface area contributed by atoms with Crippen LogP contribution < -0.4 is 0 Å². The van der Waals surface area contributed by atoms with Crippen molar-refractivity contribution >= 4 is 0 Å². The lowest BCUT2D eigenvalue weighted by Gasteiger charge is -2.32. The second-order valence-corrected chi connectivity index (χ2v) is 6.34. The molecule has 0 N–H and O–H groups in total. The van der Waals surface area contributed by atoms with E-state index in [1.165, 1.54) is 12.8 Å². The average molecular weight is 332 g/mol. The Hall–Kier alpha value is -2.73. The average Bonchev–Trinajstić information content (AvgIpc) is 2.70. The van der Waals surface area contributed by atoms with Gasteiger partial charge in [0.2, 0.25) is 0 Å². The number of likely N-dealkylation sites (tertiary alicyclic amines) is 1. The standard InChI is InChI=1S/C19H20N6/c1-2-7-21-18(5-1)19-22-10-15(11-23-19)12-25-9-3-4-16(13-25)17-6-8-20-14-24-17/h1-2,5-8,10-11,14,16H,3-4,9,12-13H2. The van der Waals surface area contributed by atoms with E-state index < -0.39 is 0 Å². The van der Waals surface area contributed by atoms with Crippen LogP contribution in [0.2, 0.25) is 0 Å². The van der Waals surface area contributed by atoms with Gasteiger partial charge in [0.25, 0.3) is 0 Å². The maximum absolute atomic E-state index is 4.47. The molecule has 0 saturated carbocycles. The normalized spacial score (nSPS) is 18.2. The maximum atomic E-state index is 4.47. The molecule has 0 spiro atoms. The largest absolute Gasteiger partial charge is 0.298 e. The predicted molar refractivity (Wildman–Crippen MR) is 94.5 cm³/mol. The number of pyridine rings is 1. The van der Waals surface area contributed by atoms with Crippen molar-refractivity contribution in [3.8, 4) is 11.5 Å². The molecule has 3 aromatic heterocycles. The van der Waals surface area contributed by atoms with Crippen LogP contribution in [0.1, 0.15) is 30.0 Å². The monoisotopic (exact) mass is 332 g/mol. The van der Waals surface area contributed by atoms with E-state index in [0.29, 0.717) is 11.7 Å². The maximum Gasteiger partial charge on any atom is 0.178 e. The van der Waals surface area contributed by atoms with E-state index in [1.54, 1.807) is 12.5 Å². The minimum atomic E-state index is 0.477. The van der Waals surface area contributed by atoms with Crippen LogP contribution in [0, 0.1) is 0 Å². The molecule has 0 aromatic carbocycles. The molecule has 1 aliphatic rings. The summed E-state index contributed by atoms with van der Waals surface area (Å²) in [6.07, 6.45) is 11.4. The molecule has 0 bridgehead atoms. The van der Waals surface area contributed by atoms with Crippen LogP contribution in [0.15, 0.2) is 55.4 Å². The summed E-state index contributed by atoms with van der Waals surface area (Å²) in [4.78, 5) is 24.1. The molecule has 6 heteroatoms. The molecule has 1 unspecified atom stereocenters. The zero-order valence-corrected chi connectivity index (χ0v) is 14.0. The Kier molecular flexibility index (Phi) is 4.70. The first-order chi connectivity index (χ1) is 12.4. The van der Waals surface area contributed by atoms with E-state index >= 15 is 0 Å². The van der Waals surface area contributed by atoms with Gasteiger partial charge in [0.05, 0.1) is 0 Å². The van der Waals surface area contributed by atoms with Gasteiger partial charge in [-0.05, 0) is 37.6 Å². The lowest BCUT2D eigenvalue weighted by atomic mass is 9.94. The van der Waals surface area contributed by atoms with Crippen molar-refractivity contribution in [3.05, 3.63) is 66.6 Å². The fraction of sp³-hybridized carbons (Fsp3) is 0.316. The van der Waals surface area contributed by atoms with Gasteiger partial charge >= 0.3 is 0 Å². The van der Waals surface area contributed by atoms with Crippen molar-refractivity contribution < 1.29 is 0 Å². The van der Waals surface area contributed by atoms with Gasteiger partial charge in [0, 0.05) is 55.1 Å². The first-order valence-corrected chi connectivity index (χ1v) is 8.59. The highest BCUT2D eigenvalue weighted by Crippen LogP contribution is 2.26. The molecule has 4 heterocycles. The molecule has 4 rings (SSSR count). The van der Waals surface area contributed by atoms with Crippen LogP contribution in [-0.2, 0) is 6.54 Å². The summed E-state index contributed by atoms with van der Waals surface area (Å²) in [5.74, 6) is 1.15. The quantitative estimate of drug-likeness (QED) is 0.732. The number of hydrogen-bond donors (Lipinski definition) is 0. The third kappa shape index (κ3) is 3.85. The molecule has 126 valence electrons. The summed E-state index contributed by atoms with van der Waals surface area (Å²) in [7, 11) is 0. The van der Waals surface area contributed by atoms with Crippen molar-refractivity contribution in [1.29, 1.82) is 0 Å². The van der Waals surface area contributed by atoms with Crippen LogP contribution in [0.25, 0.3) is 11.5 Å². The zero-order valence-electron chi connectivity index (χ0n) is 14.0. The summed E-state index contributed by atoms with van der Waals surface area (Å²) < 4.78 is 0. The molecule has 1 aliphatic heterocycles. The number of rotatable bonds is 4. The first kappa shape index (κ1) is 15.8. The van der Waals surface area contributed by atoms with Gasteiger partial charge in [0.15, 0.2) is 5.82 Å². The summed E-state index contributed by atoms with van der Waals surface area (Å²) >= 11 is 0. The second-order valence-electron chi connectivity index (χ2n) is 6.34. The molecule has 1 saturated heterocycles.